The van der Waals surface area contributed by atoms with E-state index in [0.29, 0.717) is 6.29 Å². The smallest absolute Gasteiger partial charge is 0.165 e. The van der Waals surface area contributed by atoms with Crippen LogP contribution in [0.4, 0.5) is 4.39 Å². The SMILES string of the molecule is O=Cc1ccc(OC/C=C/Cl)c(F)c1. The van der Waals surface area contributed by atoms with Gasteiger partial charge in [-0.25, -0.2) is 4.39 Å². The Hall–Kier alpha value is -1.35. The largest absolute Gasteiger partial charge is 0.486 e. The molecular formula is C10H8ClFO2. The first-order valence-corrected chi connectivity index (χ1v) is 4.34. The van der Waals surface area contributed by atoms with E-state index in [9.17, 15) is 9.18 Å². The zero-order valence-electron chi connectivity index (χ0n) is 7.24. The zero-order valence-corrected chi connectivity index (χ0v) is 8.00. The Bertz CT molecular complexity index is 350. The fourth-order valence-electron chi connectivity index (χ4n) is 0.882. The van der Waals surface area contributed by atoms with Crippen molar-refractivity contribution in [1.82, 2.24) is 0 Å². The van der Waals surface area contributed by atoms with Crippen LogP contribution in [0.1, 0.15) is 10.4 Å². The summed E-state index contributed by atoms with van der Waals surface area (Å²) in [5.74, 6) is -0.456. The molecule has 0 amide bonds. The Morgan fingerprint density at radius 3 is 2.86 bits per heavy atom. The van der Waals surface area contributed by atoms with Gasteiger partial charge in [-0.05, 0) is 24.3 Å². The monoisotopic (exact) mass is 214 g/mol. The molecule has 0 unspecified atom stereocenters. The topological polar surface area (TPSA) is 26.3 Å². The van der Waals surface area contributed by atoms with E-state index in [1.807, 2.05) is 0 Å². The van der Waals surface area contributed by atoms with Gasteiger partial charge in [-0.1, -0.05) is 11.6 Å². The van der Waals surface area contributed by atoms with Crippen LogP contribution >= 0.6 is 11.6 Å². The van der Waals surface area contributed by atoms with Crippen molar-refractivity contribution in [2.75, 3.05) is 6.61 Å². The number of carbonyl (C=O) groups excluding carboxylic acids is 1. The molecule has 0 bridgehead atoms. The molecule has 0 saturated heterocycles. The lowest BCUT2D eigenvalue weighted by Gasteiger charge is -2.04. The summed E-state index contributed by atoms with van der Waals surface area (Å²) in [4.78, 5) is 10.3. The van der Waals surface area contributed by atoms with Crippen LogP contribution in [0.2, 0.25) is 0 Å². The molecule has 0 aliphatic carbocycles. The van der Waals surface area contributed by atoms with E-state index >= 15 is 0 Å². The molecule has 74 valence electrons. The van der Waals surface area contributed by atoms with Crippen LogP contribution in [0.5, 0.6) is 5.75 Å². The number of rotatable bonds is 4. The first kappa shape index (κ1) is 10.7. The van der Waals surface area contributed by atoms with Crippen molar-refractivity contribution in [3.8, 4) is 5.75 Å². The van der Waals surface area contributed by atoms with Crippen LogP contribution in [0, 0.1) is 5.82 Å². The van der Waals surface area contributed by atoms with E-state index in [0.717, 1.165) is 6.07 Å². The maximum atomic E-state index is 13.1. The van der Waals surface area contributed by atoms with E-state index in [2.05, 4.69) is 0 Å². The Labute approximate surface area is 85.9 Å². The van der Waals surface area contributed by atoms with Crippen molar-refractivity contribution in [2.24, 2.45) is 0 Å². The molecule has 0 heterocycles. The lowest BCUT2D eigenvalue weighted by atomic mass is 10.2. The number of hydrogen-bond donors (Lipinski definition) is 0. The number of halogens is 2. The van der Waals surface area contributed by atoms with E-state index in [1.54, 1.807) is 0 Å². The third-order valence-electron chi connectivity index (χ3n) is 1.52. The Kier molecular flexibility index (Phi) is 4.13. The summed E-state index contributed by atoms with van der Waals surface area (Å²) in [6.45, 7) is 0.195. The average molecular weight is 215 g/mol. The summed E-state index contributed by atoms with van der Waals surface area (Å²) in [5, 5.41) is 0. The molecule has 1 aromatic rings. The second-order valence-electron chi connectivity index (χ2n) is 2.48. The van der Waals surface area contributed by atoms with Gasteiger partial charge < -0.3 is 4.74 Å². The van der Waals surface area contributed by atoms with E-state index in [1.165, 1.54) is 23.7 Å². The van der Waals surface area contributed by atoms with Gasteiger partial charge in [-0.2, -0.15) is 0 Å². The molecule has 0 atom stereocenters. The number of hydrogen-bond acceptors (Lipinski definition) is 2. The molecule has 0 N–H and O–H groups in total. The average Bonchev–Trinajstić information content (AvgIpc) is 2.20. The summed E-state index contributed by atoms with van der Waals surface area (Å²) < 4.78 is 18.1. The van der Waals surface area contributed by atoms with Gasteiger partial charge in [-0.15, -0.1) is 0 Å². The summed E-state index contributed by atoms with van der Waals surface area (Å²) >= 11 is 5.25. The maximum absolute atomic E-state index is 13.1. The predicted octanol–water partition coefficient (Wildman–Crippen LogP) is 2.77. The summed E-state index contributed by atoms with van der Waals surface area (Å²) in [7, 11) is 0. The van der Waals surface area contributed by atoms with Gasteiger partial charge in [0.25, 0.3) is 0 Å². The highest BCUT2D eigenvalue weighted by atomic mass is 35.5. The number of benzene rings is 1. The molecule has 0 radical (unpaired) electrons. The van der Waals surface area contributed by atoms with Crippen LogP contribution < -0.4 is 4.74 Å². The highest BCUT2D eigenvalue weighted by Crippen LogP contribution is 2.17. The summed E-state index contributed by atoms with van der Waals surface area (Å²) in [6, 6.07) is 4.00. The summed E-state index contributed by atoms with van der Waals surface area (Å²) in [6.07, 6.45) is 2.11. The minimum Gasteiger partial charge on any atom is -0.486 e. The molecule has 0 aliphatic rings. The molecule has 0 fully saturated rings. The third-order valence-corrected chi connectivity index (χ3v) is 1.69. The highest BCUT2D eigenvalue weighted by Gasteiger charge is 2.02. The van der Waals surface area contributed by atoms with E-state index in [4.69, 9.17) is 16.3 Å². The van der Waals surface area contributed by atoms with Gasteiger partial charge in [0.15, 0.2) is 11.6 Å². The maximum Gasteiger partial charge on any atom is 0.165 e. The third kappa shape index (κ3) is 2.85. The normalized spacial score (nSPS) is 10.4. The molecule has 1 aromatic carbocycles. The Balaban J connectivity index is 2.73. The molecule has 0 spiro atoms. The Morgan fingerprint density at radius 2 is 2.29 bits per heavy atom. The molecule has 0 saturated carbocycles. The number of aldehydes is 1. The standard InChI is InChI=1S/C10H8ClFO2/c11-4-1-5-14-10-3-2-8(7-13)6-9(10)12/h1-4,6-7H,5H2/b4-1+. The van der Waals surface area contributed by atoms with Crippen LogP contribution in [0.3, 0.4) is 0 Å². The van der Waals surface area contributed by atoms with Crippen molar-refractivity contribution in [1.29, 1.82) is 0 Å². The van der Waals surface area contributed by atoms with Crippen molar-refractivity contribution in [3.05, 3.63) is 41.2 Å². The molecule has 1 rings (SSSR count). The van der Waals surface area contributed by atoms with Crippen molar-refractivity contribution < 1.29 is 13.9 Å². The van der Waals surface area contributed by atoms with Gasteiger partial charge in [0.05, 0.1) is 0 Å². The van der Waals surface area contributed by atoms with Crippen molar-refractivity contribution in [3.63, 3.8) is 0 Å². The second-order valence-corrected chi connectivity index (χ2v) is 2.73. The van der Waals surface area contributed by atoms with Crippen LogP contribution in [-0.4, -0.2) is 12.9 Å². The molecular weight excluding hydrogens is 207 g/mol. The fourth-order valence-corrected chi connectivity index (χ4v) is 0.954. The van der Waals surface area contributed by atoms with Crippen molar-refractivity contribution >= 4 is 17.9 Å². The minimum atomic E-state index is -0.558. The van der Waals surface area contributed by atoms with Gasteiger partial charge >= 0.3 is 0 Å². The summed E-state index contributed by atoms with van der Waals surface area (Å²) in [5.41, 5.74) is 1.57. The van der Waals surface area contributed by atoms with Crippen LogP contribution in [0.15, 0.2) is 29.8 Å². The molecule has 4 heteroatoms. The molecule has 0 aromatic heterocycles. The van der Waals surface area contributed by atoms with E-state index in [-0.39, 0.29) is 17.9 Å². The second kappa shape index (κ2) is 5.40. The number of ether oxygens (including phenoxy) is 1. The fraction of sp³-hybridized carbons (Fsp3) is 0.100. The Morgan fingerprint density at radius 1 is 1.50 bits per heavy atom. The minimum absolute atomic E-state index is 0.102. The molecule has 2 nitrogen and oxygen atoms in total. The van der Waals surface area contributed by atoms with Gasteiger partial charge in [-0.3, -0.25) is 4.79 Å². The van der Waals surface area contributed by atoms with Gasteiger partial charge in [0, 0.05) is 11.1 Å². The van der Waals surface area contributed by atoms with Gasteiger partial charge in [0.1, 0.15) is 12.9 Å². The first-order valence-electron chi connectivity index (χ1n) is 3.90. The quantitative estimate of drug-likeness (QED) is 0.721. The van der Waals surface area contributed by atoms with Crippen LogP contribution in [-0.2, 0) is 0 Å². The zero-order chi connectivity index (χ0) is 10.4. The van der Waals surface area contributed by atoms with Crippen molar-refractivity contribution in [2.45, 2.75) is 0 Å². The van der Waals surface area contributed by atoms with Crippen LogP contribution in [0.25, 0.3) is 0 Å². The van der Waals surface area contributed by atoms with E-state index < -0.39 is 5.82 Å². The van der Waals surface area contributed by atoms with Gasteiger partial charge in [0.2, 0.25) is 0 Å². The number of carbonyl (C=O) groups is 1. The lowest BCUT2D eigenvalue weighted by Crippen LogP contribution is -1.96. The highest BCUT2D eigenvalue weighted by molar-refractivity contribution is 6.25. The molecule has 0 aliphatic heterocycles. The first-order chi connectivity index (χ1) is 6.77. The predicted molar refractivity (Wildman–Crippen MR) is 52.3 cm³/mol. The molecule has 14 heavy (non-hydrogen) atoms. The lowest BCUT2D eigenvalue weighted by molar-refractivity contribution is 0.112.